The minimum Gasteiger partial charge on any atom is -0.480 e. The average Bonchev–Trinajstić information content (AvgIpc) is 2.50. The first-order chi connectivity index (χ1) is 10.9. The standard InChI is InChI=1S/C16H15BrN2O4/c1-10-6-7-15(14(17)8-10)23-11(2)16(20)18-12-4-3-5-13(9-12)19(21)22/h3-9,11H,1-2H3,(H,18,20). The van der Waals surface area contributed by atoms with Crippen LogP contribution in [-0.2, 0) is 4.79 Å². The molecule has 2 aromatic rings. The Hall–Kier alpha value is -2.41. The van der Waals surface area contributed by atoms with Crippen molar-refractivity contribution < 1.29 is 14.5 Å². The quantitative estimate of drug-likeness (QED) is 0.627. The molecule has 0 fully saturated rings. The van der Waals surface area contributed by atoms with Crippen LogP contribution in [0.3, 0.4) is 0 Å². The van der Waals surface area contributed by atoms with E-state index in [2.05, 4.69) is 21.2 Å². The molecule has 7 heteroatoms. The van der Waals surface area contributed by atoms with Gasteiger partial charge in [0.05, 0.1) is 9.40 Å². The summed E-state index contributed by atoms with van der Waals surface area (Å²) in [6, 6.07) is 11.3. The van der Waals surface area contributed by atoms with Crippen LogP contribution in [0, 0.1) is 17.0 Å². The number of nitro benzene ring substituents is 1. The van der Waals surface area contributed by atoms with Gasteiger partial charge < -0.3 is 10.1 Å². The smallest absolute Gasteiger partial charge is 0.271 e. The predicted octanol–water partition coefficient (Wildman–Crippen LogP) is 4.07. The monoisotopic (exact) mass is 378 g/mol. The topological polar surface area (TPSA) is 81.5 Å². The molecule has 6 nitrogen and oxygen atoms in total. The van der Waals surface area contributed by atoms with Crippen molar-refractivity contribution in [1.82, 2.24) is 0 Å². The van der Waals surface area contributed by atoms with Crippen LogP contribution in [0.4, 0.5) is 11.4 Å². The summed E-state index contributed by atoms with van der Waals surface area (Å²) in [6.45, 7) is 3.56. The van der Waals surface area contributed by atoms with Gasteiger partial charge in [-0.05, 0) is 53.5 Å². The number of benzene rings is 2. The zero-order valence-corrected chi connectivity index (χ0v) is 14.2. The van der Waals surface area contributed by atoms with E-state index < -0.39 is 16.9 Å². The van der Waals surface area contributed by atoms with Gasteiger partial charge in [-0.2, -0.15) is 0 Å². The van der Waals surface area contributed by atoms with Gasteiger partial charge in [0, 0.05) is 17.8 Å². The van der Waals surface area contributed by atoms with Crippen molar-refractivity contribution in [2.45, 2.75) is 20.0 Å². The first-order valence-electron chi connectivity index (χ1n) is 6.85. The Labute approximate surface area is 141 Å². The highest BCUT2D eigenvalue weighted by molar-refractivity contribution is 9.10. The number of nitrogens with one attached hydrogen (secondary N) is 1. The summed E-state index contributed by atoms with van der Waals surface area (Å²) in [5, 5.41) is 13.3. The van der Waals surface area contributed by atoms with E-state index in [0.717, 1.165) is 10.0 Å². The summed E-state index contributed by atoms with van der Waals surface area (Å²) in [5.41, 5.74) is 1.33. The fraction of sp³-hybridized carbons (Fsp3) is 0.188. The van der Waals surface area contributed by atoms with Crippen LogP contribution in [0.2, 0.25) is 0 Å². The van der Waals surface area contributed by atoms with E-state index in [4.69, 9.17) is 4.74 Å². The maximum Gasteiger partial charge on any atom is 0.271 e. The number of nitro groups is 1. The Balaban J connectivity index is 2.05. The Kier molecular flexibility index (Phi) is 5.33. The van der Waals surface area contributed by atoms with Crippen LogP contribution in [0.1, 0.15) is 12.5 Å². The highest BCUT2D eigenvalue weighted by atomic mass is 79.9. The summed E-state index contributed by atoms with van der Waals surface area (Å²) in [4.78, 5) is 22.4. The van der Waals surface area contributed by atoms with Gasteiger partial charge in [-0.1, -0.05) is 12.1 Å². The molecule has 0 aromatic heterocycles. The van der Waals surface area contributed by atoms with Crippen LogP contribution in [0.25, 0.3) is 0 Å². The molecule has 0 saturated heterocycles. The summed E-state index contributed by atoms with van der Waals surface area (Å²) in [5.74, 6) is 0.162. The van der Waals surface area contributed by atoms with Crippen molar-refractivity contribution in [1.29, 1.82) is 0 Å². The van der Waals surface area contributed by atoms with Gasteiger partial charge in [0.25, 0.3) is 11.6 Å². The molecular formula is C16H15BrN2O4. The molecule has 1 amide bonds. The number of hydrogen-bond donors (Lipinski definition) is 1. The van der Waals surface area contributed by atoms with Crippen molar-refractivity contribution in [3.63, 3.8) is 0 Å². The Morgan fingerprint density at radius 3 is 2.70 bits per heavy atom. The van der Waals surface area contributed by atoms with Gasteiger partial charge in [0.2, 0.25) is 0 Å². The Morgan fingerprint density at radius 2 is 2.04 bits per heavy atom. The number of aryl methyl sites for hydroxylation is 1. The number of hydrogen-bond acceptors (Lipinski definition) is 4. The maximum atomic E-state index is 12.2. The highest BCUT2D eigenvalue weighted by Crippen LogP contribution is 2.27. The SMILES string of the molecule is Cc1ccc(OC(C)C(=O)Nc2cccc([N+](=O)[O-])c2)c(Br)c1. The molecule has 2 aromatic carbocycles. The minimum atomic E-state index is -0.756. The third-order valence-electron chi connectivity index (χ3n) is 3.08. The second-order valence-corrected chi connectivity index (χ2v) is 5.84. The molecule has 0 aliphatic carbocycles. The van der Waals surface area contributed by atoms with E-state index in [9.17, 15) is 14.9 Å². The molecule has 0 aliphatic heterocycles. The average molecular weight is 379 g/mol. The lowest BCUT2D eigenvalue weighted by Gasteiger charge is -2.16. The fourth-order valence-corrected chi connectivity index (χ4v) is 2.47. The number of halogens is 1. The predicted molar refractivity (Wildman–Crippen MR) is 90.7 cm³/mol. The molecule has 0 saturated carbocycles. The Morgan fingerprint density at radius 1 is 1.30 bits per heavy atom. The van der Waals surface area contributed by atoms with Crippen molar-refractivity contribution in [2.24, 2.45) is 0 Å². The van der Waals surface area contributed by atoms with Gasteiger partial charge in [0.1, 0.15) is 5.75 Å². The maximum absolute atomic E-state index is 12.2. The van der Waals surface area contributed by atoms with Gasteiger partial charge in [-0.25, -0.2) is 0 Å². The van der Waals surface area contributed by atoms with Crippen LogP contribution in [0.15, 0.2) is 46.9 Å². The van der Waals surface area contributed by atoms with Crippen molar-refractivity contribution in [3.05, 3.63) is 62.6 Å². The number of carbonyl (C=O) groups is 1. The van der Waals surface area contributed by atoms with E-state index in [1.807, 2.05) is 19.1 Å². The molecule has 1 N–H and O–H groups in total. The molecule has 0 aliphatic rings. The highest BCUT2D eigenvalue weighted by Gasteiger charge is 2.17. The summed E-state index contributed by atoms with van der Waals surface area (Å²) in [6.07, 6.45) is -0.756. The van der Waals surface area contributed by atoms with Crippen molar-refractivity contribution in [2.75, 3.05) is 5.32 Å². The number of anilines is 1. The molecule has 1 unspecified atom stereocenters. The molecular weight excluding hydrogens is 364 g/mol. The van der Waals surface area contributed by atoms with Crippen LogP contribution in [-0.4, -0.2) is 16.9 Å². The van der Waals surface area contributed by atoms with Crippen LogP contribution < -0.4 is 10.1 Å². The van der Waals surface area contributed by atoms with Crippen LogP contribution in [0.5, 0.6) is 5.75 Å². The lowest BCUT2D eigenvalue weighted by molar-refractivity contribution is -0.384. The zero-order chi connectivity index (χ0) is 17.0. The molecule has 0 spiro atoms. The number of rotatable bonds is 5. The Bertz CT molecular complexity index is 749. The van der Waals surface area contributed by atoms with Crippen molar-refractivity contribution >= 4 is 33.2 Å². The lowest BCUT2D eigenvalue weighted by atomic mass is 10.2. The zero-order valence-electron chi connectivity index (χ0n) is 12.6. The van der Waals surface area contributed by atoms with Gasteiger partial charge in [0.15, 0.2) is 6.10 Å². The largest absolute Gasteiger partial charge is 0.480 e. The number of amides is 1. The van der Waals surface area contributed by atoms with Gasteiger partial charge in [-0.3, -0.25) is 14.9 Å². The van der Waals surface area contributed by atoms with E-state index in [0.29, 0.717) is 11.4 Å². The lowest BCUT2D eigenvalue weighted by Crippen LogP contribution is -2.30. The molecule has 23 heavy (non-hydrogen) atoms. The number of ether oxygens (including phenoxy) is 1. The van der Waals surface area contributed by atoms with Crippen LogP contribution >= 0.6 is 15.9 Å². The normalized spacial score (nSPS) is 11.6. The molecule has 0 heterocycles. The summed E-state index contributed by atoms with van der Waals surface area (Å²) < 4.78 is 6.38. The second kappa shape index (κ2) is 7.23. The number of carbonyl (C=O) groups excluding carboxylic acids is 1. The van der Waals surface area contributed by atoms with Crippen molar-refractivity contribution in [3.8, 4) is 5.75 Å². The van der Waals surface area contributed by atoms with E-state index in [-0.39, 0.29) is 5.69 Å². The summed E-state index contributed by atoms with van der Waals surface area (Å²) >= 11 is 3.39. The van der Waals surface area contributed by atoms with Gasteiger partial charge >= 0.3 is 0 Å². The number of non-ortho nitro benzene ring substituents is 1. The molecule has 2 rings (SSSR count). The summed E-state index contributed by atoms with van der Waals surface area (Å²) in [7, 11) is 0. The number of nitrogens with zero attached hydrogens (tertiary/aromatic N) is 1. The fourth-order valence-electron chi connectivity index (χ4n) is 1.89. The first kappa shape index (κ1) is 17.0. The van der Waals surface area contributed by atoms with E-state index in [1.165, 1.54) is 18.2 Å². The van der Waals surface area contributed by atoms with E-state index in [1.54, 1.807) is 19.1 Å². The minimum absolute atomic E-state index is 0.0855. The first-order valence-corrected chi connectivity index (χ1v) is 7.64. The molecule has 0 radical (unpaired) electrons. The molecule has 0 bridgehead atoms. The third kappa shape index (κ3) is 4.53. The van der Waals surface area contributed by atoms with Gasteiger partial charge in [-0.15, -0.1) is 0 Å². The molecule has 120 valence electrons. The second-order valence-electron chi connectivity index (χ2n) is 4.99. The third-order valence-corrected chi connectivity index (χ3v) is 3.70. The molecule has 1 atom stereocenters. The van der Waals surface area contributed by atoms with E-state index >= 15 is 0 Å².